The molecule has 1 aromatic rings. The van der Waals surface area contributed by atoms with Gasteiger partial charge >= 0.3 is 0 Å². The highest BCUT2D eigenvalue weighted by Crippen LogP contribution is 2.36. The minimum absolute atomic E-state index is 0.455. The molecular weight excluding hydrogens is 238 g/mol. The average Bonchev–Trinajstić information content (AvgIpc) is 3.22. The van der Waals surface area contributed by atoms with E-state index in [0.717, 1.165) is 24.0 Å². The summed E-state index contributed by atoms with van der Waals surface area (Å²) < 4.78 is 5.20. The van der Waals surface area contributed by atoms with Crippen molar-refractivity contribution in [1.29, 1.82) is 5.26 Å². The first kappa shape index (κ1) is 13.8. The van der Waals surface area contributed by atoms with Crippen LogP contribution in [0.25, 0.3) is 0 Å². The number of aromatic nitrogens is 1. The Labute approximate surface area is 115 Å². The lowest BCUT2D eigenvalue weighted by atomic mass is 10.1. The number of methoxy groups -OCH3 is 1. The Hall–Kier alpha value is -1.60. The van der Waals surface area contributed by atoms with Gasteiger partial charge in [0.2, 0.25) is 0 Å². The molecule has 0 aromatic carbocycles. The van der Waals surface area contributed by atoms with Gasteiger partial charge in [-0.15, -0.1) is 0 Å². The van der Waals surface area contributed by atoms with Gasteiger partial charge in [-0.3, -0.25) is 0 Å². The minimum Gasteiger partial charge on any atom is -0.383 e. The van der Waals surface area contributed by atoms with E-state index in [-0.39, 0.29) is 0 Å². The van der Waals surface area contributed by atoms with Crippen molar-refractivity contribution in [3.8, 4) is 6.07 Å². The maximum absolute atomic E-state index is 9.08. The number of aryl methyl sites for hydroxylation is 1. The summed E-state index contributed by atoms with van der Waals surface area (Å²) in [5.74, 6) is 1.65. The monoisotopic (exact) mass is 259 g/mol. The molecule has 1 aliphatic rings. The summed E-state index contributed by atoms with van der Waals surface area (Å²) in [5.41, 5.74) is 1.56. The van der Waals surface area contributed by atoms with Crippen LogP contribution in [0.1, 0.15) is 31.0 Å². The SMILES string of the molecule is COCCN(c1cc(C#N)cc(C)n1)C(C)C1CC1. The number of anilines is 1. The van der Waals surface area contributed by atoms with Crippen LogP contribution in [0.4, 0.5) is 5.82 Å². The maximum Gasteiger partial charge on any atom is 0.130 e. The zero-order valence-corrected chi connectivity index (χ0v) is 11.9. The molecule has 0 saturated heterocycles. The molecule has 0 aliphatic heterocycles. The summed E-state index contributed by atoms with van der Waals surface area (Å²) in [4.78, 5) is 6.86. The Morgan fingerprint density at radius 3 is 2.84 bits per heavy atom. The Morgan fingerprint density at radius 1 is 1.53 bits per heavy atom. The first-order valence-electron chi connectivity index (χ1n) is 6.80. The van der Waals surface area contributed by atoms with E-state index < -0.39 is 0 Å². The summed E-state index contributed by atoms with van der Waals surface area (Å²) >= 11 is 0. The molecule has 2 rings (SSSR count). The van der Waals surface area contributed by atoms with Gasteiger partial charge in [-0.2, -0.15) is 5.26 Å². The largest absolute Gasteiger partial charge is 0.383 e. The number of ether oxygens (including phenoxy) is 1. The summed E-state index contributed by atoms with van der Waals surface area (Å²) in [5, 5.41) is 9.08. The zero-order chi connectivity index (χ0) is 13.8. The summed E-state index contributed by atoms with van der Waals surface area (Å²) in [6.45, 7) is 5.66. The number of nitrogens with zero attached hydrogens (tertiary/aromatic N) is 3. The molecule has 0 radical (unpaired) electrons. The highest BCUT2D eigenvalue weighted by molar-refractivity contribution is 5.47. The second-order valence-corrected chi connectivity index (χ2v) is 5.23. The van der Waals surface area contributed by atoms with E-state index in [1.54, 1.807) is 7.11 Å². The van der Waals surface area contributed by atoms with Gasteiger partial charge in [0.15, 0.2) is 0 Å². The van der Waals surface area contributed by atoms with E-state index in [0.29, 0.717) is 18.2 Å². The molecule has 1 unspecified atom stereocenters. The second kappa shape index (κ2) is 6.03. The van der Waals surface area contributed by atoms with Crippen LogP contribution in [0.3, 0.4) is 0 Å². The molecule has 0 N–H and O–H groups in total. The lowest BCUT2D eigenvalue weighted by Crippen LogP contribution is -2.38. The Morgan fingerprint density at radius 2 is 2.26 bits per heavy atom. The van der Waals surface area contributed by atoms with Crippen LogP contribution >= 0.6 is 0 Å². The highest BCUT2D eigenvalue weighted by Gasteiger charge is 2.32. The van der Waals surface area contributed by atoms with Gasteiger partial charge in [0.05, 0.1) is 18.2 Å². The number of pyridine rings is 1. The van der Waals surface area contributed by atoms with Crippen LogP contribution < -0.4 is 4.90 Å². The van der Waals surface area contributed by atoms with Crippen molar-refractivity contribution in [2.45, 2.75) is 32.7 Å². The molecule has 1 atom stereocenters. The van der Waals surface area contributed by atoms with Gasteiger partial charge in [-0.1, -0.05) is 0 Å². The van der Waals surface area contributed by atoms with Crippen molar-refractivity contribution >= 4 is 5.82 Å². The predicted octanol–water partition coefficient (Wildman–Crippen LogP) is 2.51. The quantitative estimate of drug-likeness (QED) is 0.787. The summed E-state index contributed by atoms with van der Waals surface area (Å²) in [6.07, 6.45) is 2.59. The predicted molar refractivity (Wildman–Crippen MR) is 75.1 cm³/mol. The zero-order valence-electron chi connectivity index (χ0n) is 11.9. The minimum atomic E-state index is 0.455. The van der Waals surface area contributed by atoms with Crippen LogP contribution in [-0.4, -0.2) is 31.3 Å². The number of rotatable bonds is 6. The van der Waals surface area contributed by atoms with E-state index in [1.807, 2.05) is 19.1 Å². The van der Waals surface area contributed by atoms with E-state index in [1.165, 1.54) is 12.8 Å². The normalized spacial score (nSPS) is 15.9. The first-order valence-corrected chi connectivity index (χ1v) is 6.80. The molecule has 1 saturated carbocycles. The smallest absolute Gasteiger partial charge is 0.130 e. The lowest BCUT2D eigenvalue weighted by Gasteiger charge is -2.30. The second-order valence-electron chi connectivity index (χ2n) is 5.23. The Kier molecular flexibility index (Phi) is 4.39. The van der Waals surface area contributed by atoms with Crippen molar-refractivity contribution < 1.29 is 4.74 Å². The van der Waals surface area contributed by atoms with Crippen LogP contribution in [0.5, 0.6) is 0 Å². The fourth-order valence-electron chi connectivity index (χ4n) is 2.41. The van der Waals surface area contributed by atoms with Crippen LogP contribution in [0, 0.1) is 24.2 Å². The lowest BCUT2D eigenvalue weighted by molar-refractivity contribution is 0.202. The van der Waals surface area contributed by atoms with Gasteiger partial charge in [0.25, 0.3) is 0 Å². The van der Waals surface area contributed by atoms with Gasteiger partial charge in [-0.25, -0.2) is 4.98 Å². The number of nitriles is 1. The third kappa shape index (κ3) is 3.45. The summed E-state index contributed by atoms with van der Waals surface area (Å²) in [6, 6.07) is 6.36. The van der Waals surface area contributed by atoms with Crippen molar-refractivity contribution in [2.75, 3.05) is 25.2 Å². The van der Waals surface area contributed by atoms with Crippen molar-refractivity contribution in [1.82, 2.24) is 4.98 Å². The standard InChI is InChI=1S/C15H21N3O/c1-11-8-13(10-16)9-15(17-11)18(6-7-19-3)12(2)14-4-5-14/h8-9,12,14H,4-7H2,1-3H3. The fourth-order valence-corrected chi connectivity index (χ4v) is 2.41. The molecule has 4 nitrogen and oxygen atoms in total. The molecule has 102 valence electrons. The Bertz CT molecular complexity index is 477. The molecule has 1 heterocycles. The number of hydrogen-bond acceptors (Lipinski definition) is 4. The van der Waals surface area contributed by atoms with Crippen molar-refractivity contribution in [3.05, 3.63) is 23.4 Å². The molecular formula is C15H21N3O. The third-order valence-electron chi connectivity index (χ3n) is 3.70. The summed E-state index contributed by atoms with van der Waals surface area (Å²) in [7, 11) is 1.71. The molecule has 4 heteroatoms. The van der Waals surface area contributed by atoms with Crippen LogP contribution in [0.15, 0.2) is 12.1 Å². The van der Waals surface area contributed by atoms with Gasteiger partial charge in [0, 0.05) is 25.4 Å². The van der Waals surface area contributed by atoms with Crippen molar-refractivity contribution in [2.24, 2.45) is 5.92 Å². The fraction of sp³-hybridized carbons (Fsp3) is 0.600. The van der Waals surface area contributed by atoms with Gasteiger partial charge < -0.3 is 9.64 Å². The van der Waals surface area contributed by atoms with Gasteiger partial charge in [0.1, 0.15) is 5.82 Å². The van der Waals surface area contributed by atoms with E-state index in [9.17, 15) is 0 Å². The molecule has 0 bridgehead atoms. The molecule has 0 amide bonds. The van der Waals surface area contributed by atoms with Gasteiger partial charge in [-0.05, 0) is 44.7 Å². The van der Waals surface area contributed by atoms with Crippen LogP contribution in [0.2, 0.25) is 0 Å². The molecule has 19 heavy (non-hydrogen) atoms. The molecule has 1 aromatic heterocycles. The maximum atomic E-state index is 9.08. The Balaban J connectivity index is 2.25. The van der Waals surface area contributed by atoms with Crippen molar-refractivity contribution in [3.63, 3.8) is 0 Å². The first-order chi connectivity index (χ1) is 9.15. The topological polar surface area (TPSA) is 49.1 Å². The van der Waals surface area contributed by atoms with E-state index in [2.05, 4.69) is 22.9 Å². The molecule has 1 aliphatic carbocycles. The third-order valence-corrected chi connectivity index (χ3v) is 3.70. The van der Waals surface area contributed by atoms with E-state index in [4.69, 9.17) is 10.00 Å². The average molecular weight is 259 g/mol. The van der Waals surface area contributed by atoms with Crippen LogP contribution in [-0.2, 0) is 4.74 Å². The highest BCUT2D eigenvalue weighted by atomic mass is 16.5. The number of hydrogen-bond donors (Lipinski definition) is 0. The van der Waals surface area contributed by atoms with E-state index >= 15 is 0 Å². The molecule has 0 spiro atoms. The molecule has 1 fully saturated rings.